The molecule has 34 heavy (non-hydrogen) atoms. The number of hydrogen-bond donors (Lipinski definition) is 2. The number of aryl methyl sites for hydroxylation is 2. The van der Waals surface area contributed by atoms with E-state index in [0.717, 1.165) is 22.2 Å². The van der Waals surface area contributed by atoms with Crippen molar-refractivity contribution in [2.45, 2.75) is 38.0 Å². The predicted octanol–water partition coefficient (Wildman–Crippen LogP) is 3.65. The Morgan fingerprint density at radius 3 is 2.74 bits per heavy atom. The summed E-state index contributed by atoms with van der Waals surface area (Å²) >= 11 is 0. The lowest BCUT2D eigenvalue weighted by Gasteiger charge is -2.22. The fourth-order valence-electron chi connectivity index (χ4n) is 3.77. The SMILES string of the molecule is CCS(=O)c1ccc(CC(=O)Nc2cc(C)c3c(n2)CCC(C=N/C(=C\C=N)OC)C3=O)cc1. The molecular weight excluding hydrogens is 452 g/mol. The highest BCUT2D eigenvalue weighted by molar-refractivity contribution is 7.85. The number of amides is 1. The normalized spacial score (nSPS) is 16.7. The minimum Gasteiger partial charge on any atom is -0.481 e. The molecule has 1 heterocycles. The molecule has 1 aliphatic carbocycles. The minimum atomic E-state index is -1.02. The maximum Gasteiger partial charge on any atom is 0.229 e. The number of aromatic nitrogens is 1. The van der Waals surface area contributed by atoms with E-state index in [0.29, 0.717) is 35.7 Å². The van der Waals surface area contributed by atoms with Crippen molar-refractivity contribution in [2.24, 2.45) is 10.9 Å². The first-order valence-electron chi connectivity index (χ1n) is 11.0. The van der Waals surface area contributed by atoms with E-state index in [1.807, 2.05) is 13.8 Å². The Balaban J connectivity index is 1.70. The number of carbonyl (C=O) groups is 2. The number of aliphatic imine (C=N–C) groups is 1. The molecule has 1 aromatic heterocycles. The van der Waals surface area contributed by atoms with Crippen molar-refractivity contribution in [3.05, 3.63) is 64.7 Å². The van der Waals surface area contributed by atoms with Crippen LogP contribution < -0.4 is 5.32 Å². The first kappa shape index (κ1) is 25.2. The highest BCUT2D eigenvalue weighted by atomic mass is 32.2. The molecule has 2 aromatic rings. The Morgan fingerprint density at radius 2 is 2.09 bits per heavy atom. The summed E-state index contributed by atoms with van der Waals surface area (Å²) in [7, 11) is 0.434. The van der Waals surface area contributed by atoms with Crippen LogP contribution in [0.15, 0.2) is 52.2 Å². The van der Waals surface area contributed by atoms with Crippen LogP contribution in [-0.4, -0.2) is 46.2 Å². The van der Waals surface area contributed by atoms with Crippen molar-refractivity contribution >= 4 is 40.7 Å². The minimum absolute atomic E-state index is 0.0669. The van der Waals surface area contributed by atoms with Gasteiger partial charge in [-0.2, -0.15) is 0 Å². The molecule has 0 saturated carbocycles. The molecule has 0 saturated heterocycles. The molecule has 3 rings (SSSR count). The van der Waals surface area contributed by atoms with Gasteiger partial charge in [-0.15, -0.1) is 0 Å². The quantitative estimate of drug-likeness (QED) is 0.419. The summed E-state index contributed by atoms with van der Waals surface area (Å²) < 4.78 is 16.9. The van der Waals surface area contributed by atoms with E-state index >= 15 is 0 Å². The predicted molar refractivity (Wildman–Crippen MR) is 133 cm³/mol. The molecule has 2 atom stereocenters. The number of methoxy groups -OCH3 is 1. The summed E-state index contributed by atoms with van der Waals surface area (Å²) in [4.78, 5) is 35.0. The van der Waals surface area contributed by atoms with Crippen molar-refractivity contribution in [3.63, 3.8) is 0 Å². The van der Waals surface area contributed by atoms with E-state index in [9.17, 15) is 13.8 Å². The molecule has 0 spiro atoms. The number of Topliss-reactive ketones (excluding diaryl/α,β-unsaturated/α-hetero) is 1. The van der Waals surface area contributed by atoms with Crippen LogP contribution in [0.25, 0.3) is 0 Å². The van der Waals surface area contributed by atoms with E-state index in [4.69, 9.17) is 10.1 Å². The Morgan fingerprint density at radius 1 is 1.35 bits per heavy atom. The van der Waals surface area contributed by atoms with Crippen molar-refractivity contribution in [2.75, 3.05) is 18.2 Å². The van der Waals surface area contributed by atoms with Crippen molar-refractivity contribution in [3.8, 4) is 0 Å². The fraction of sp³-hybridized carbons (Fsp3) is 0.320. The third kappa shape index (κ3) is 6.11. The second-order valence-corrected chi connectivity index (χ2v) is 9.55. The first-order valence-corrected chi connectivity index (χ1v) is 12.3. The highest BCUT2D eigenvalue weighted by Crippen LogP contribution is 2.28. The third-order valence-corrected chi connectivity index (χ3v) is 6.79. The van der Waals surface area contributed by atoms with Crippen LogP contribution in [0.1, 0.15) is 40.5 Å². The number of ether oxygens (including phenoxy) is 1. The molecule has 2 N–H and O–H groups in total. The number of benzene rings is 1. The number of fused-ring (bicyclic) bond motifs is 1. The van der Waals surface area contributed by atoms with E-state index in [-0.39, 0.29) is 24.0 Å². The van der Waals surface area contributed by atoms with Gasteiger partial charge in [-0.25, -0.2) is 9.98 Å². The number of hydrogen-bond acceptors (Lipinski definition) is 7. The number of carbonyl (C=O) groups excluding carboxylic acids is 2. The molecule has 2 unspecified atom stereocenters. The molecule has 1 aromatic carbocycles. The number of pyridine rings is 1. The summed E-state index contributed by atoms with van der Waals surface area (Å²) in [5.41, 5.74) is 2.79. The number of rotatable bonds is 9. The average molecular weight is 481 g/mol. The van der Waals surface area contributed by atoms with Gasteiger partial charge in [-0.05, 0) is 49.1 Å². The molecule has 178 valence electrons. The van der Waals surface area contributed by atoms with Gasteiger partial charge in [0.05, 0.1) is 35.9 Å². The second kappa shape index (κ2) is 11.6. The fourth-order valence-corrected chi connectivity index (χ4v) is 4.54. The van der Waals surface area contributed by atoms with Crippen LogP contribution >= 0.6 is 0 Å². The number of nitrogens with one attached hydrogen (secondary N) is 2. The van der Waals surface area contributed by atoms with E-state index in [1.165, 1.54) is 13.2 Å². The molecule has 9 heteroatoms. The molecule has 0 aliphatic heterocycles. The van der Waals surface area contributed by atoms with E-state index in [2.05, 4.69) is 15.3 Å². The van der Waals surface area contributed by atoms with Gasteiger partial charge < -0.3 is 15.5 Å². The van der Waals surface area contributed by atoms with Crippen molar-refractivity contribution in [1.82, 2.24) is 4.98 Å². The largest absolute Gasteiger partial charge is 0.481 e. The van der Waals surface area contributed by atoms with Gasteiger partial charge in [-0.3, -0.25) is 13.8 Å². The first-order chi connectivity index (χ1) is 16.4. The maximum atomic E-state index is 13.0. The summed E-state index contributed by atoms with van der Waals surface area (Å²) in [6.07, 6.45) is 5.32. The Bertz CT molecular complexity index is 1170. The summed E-state index contributed by atoms with van der Waals surface area (Å²) in [5, 5.41) is 9.94. The maximum absolute atomic E-state index is 13.0. The standard InChI is InChI=1S/C25H28N4O4S/c1-4-34(32)19-8-5-17(6-9-19)14-22(30)29-21-13-16(2)24-20(28-21)10-7-18(25(24)31)15-27-23(33-3)11-12-26/h5-6,8-9,11-13,15,18,26H,4,7,10,14H2,1-3H3,(H,28,29,30)/b23-11+,26-12?,27-15?. The van der Waals surface area contributed by atoms with Crippen LogP contribution in [0, 0.1) is 18.3 Å². The van der Waals surface area contributed by atoms with Gasteiger partial charge in [0.25, 0.3) is 0 Å². The molecular formula is C25H28N4O4S. The Hall–Kier alpha value is -3.46. The Kier molecular flexibility index (Phi) is 8.59. The van der Waals surface area contributed by atoms with E-state index in [1.54, 1.807) is 36.5 Å². The van der Waals surface area contributed by atoms with Gasteiger partial charge in [0.1, 0.15) is 5.82 Å². The van der Waals surface area contributed by atoms with Gasteiger partial charge >= 0.3 is 0 Å². The lowest BCUT2D eigenvalue weighted by molar-refractivity contribution is -0.115. The van der Waals surface area contributed by atoms with Crippen LogP contribution in [-0.2, 0) is 33.2 Å². The summed E-state index contributed by atoms with van der Waals surface area (Å²) in [5.74, 6) is 0.545. The summed E-state index contributed by atoms with van der Waals surface area (Å²) in [6, 6.07) is 8.88. The van der Waals surface area contributed by atoms with Crippen LogP contribution in [0.4, 0.5) is 5.82 Å². The lowest BCUT2D eigenvalue weighted by Crippen LogP contribution is -2.26. The molecule has 1 aliphatic rings. The van der Waals surface area contributed by atoms with Crippen LogP contribution in [0.5, 0.6) is 0 Å². The summed E-state index contributed by atoms with van der Waals surface area (Å²) in [6.45, 7) is 3.69. The molecule has 8 nitrogen and oxygen atoms in total. The average Bonchev–Trinajstić information content (AvgIpc) is 2.82. The zero-order chi connectivity index (χ0) is 24.7. The molecule has 0 bridgehead atoms. The van der Waals surface area contributed by atoms with Crippen molar-refractivity contribution < 1.29 is 18.5 Å². The third-order valence-electron chi connectivity index (χ3n) is 5.46. The zero-order valence-electron chi connectivity index (χ0n) is 19.5. The number of anilines is 1. The van der Waals surface area contributed by atoms with Crippen LogP contribution in [0.2, 0.25) is 0 Å². The molecule has 1 amide bonds. The van der Waals surface area contributed by atoms with Gasteiger partial charge in [-0.1, -0.05) is 19.1 Å². The zero-order valence-corrected chi connectivity index (χ0v) is 20.3. The monoisotopic (exact) mass is 480 g/mol. The van der Waals surface area contributed by atoms with E-state index < -0.39 is 16.7 Å². The highest BCUT2D eigenvalue weighted by Gasteiger charge is 2.29. The number of nitrogens with zero attached hydrogens (tertiary/aromatic N) is 2. The second-order valence-electron chi connectivity index (χ2n) is 7.81. The molecule has 0 radical (unpaired) electrons. The molecule has 0 fully saturated rings. The number of allylic oxidation sites excluding steroid dienone is 1. The van der Waals surface area contributed by atoms with Crippen molar-refractivity contribution in [1.29, 1.82) is 5.41 Å². The topological polar surface area (TPSA) is 122 Å². The number of ketones is 1. The Labute approximate surface area is 201 Å². The van der Waals surface area contributed by atoms with Gasteiger partial charge in [0.2, 0.25) is 11.8 Å². The smallest absolute Gasteiger partial charge is 0.229 e. The van der Waals surface area contributed by atoms with Gasteiger partial charge in [0.15, 0.2) is 5.78 Å². The lowest BCUT2D eigenvalue weighted by atomic mass is 9.84. The van der Waals surface area contributed by atoms with Gasteiger partial charge in [0, 0.05) is 34.7 Å². The van der Waals surface area contributed by atoms with Crippen LogP contribution in [0.3, 0.4) is 0 Å².